The Morgan fingerprint density at radius 3 is 2.21 bits per heavy atom. The van der Waals surface area contributed by atoms with E-state index in [-0.39, 0.29) is 0 Å². The maximum absolute atomic E-state index is 10.7. The maximum atomic E-state index is 10.7. The number of likely N-dealkylation sites (tertiary alicyclic amines) is 1. The molecule has 2 saturated heterocycles. The van der Waals surface area contributed by atoms with Crippen molar-refractivity contribution in [1.82, 2.24) is 15.5 Å². The molecule has 3 N–H and O–H groups in total. The van der Waals surface area contributed by atoms with E-state index in [1.165, 1.54) is 16.8 Å². The molecule has 1 amide bonds. The summed E-state index contributed by atoms with van der Waals surface area (Å²) in [5.74, 6) is 0.559. The van der Waals surface area contributed by atoms with E-state index in [9.17, 15) is 4.79 Å². The number of carbonyl (C=O) groups is 1. The number of piperazine rings is 1. The predicted molar refractivity (Wildman–Crippen MR) is 163 cm³/mol. The molecule has 0 aliphatic carbocycles. The highest BCUT2D eigenvalue weighted by Crippen LogP contribution is 2.30. The van der Waals surface area contributed by atoms with Gasteiger partial charge in [0.25, 0.3) is 0 Å². The van der Waals surface area contributed by atoms with Gasteiger partial charge in [0.2, 0.25) is 6.41 Å². The lowest BCUT2D eigenvalue weighted by atomic mass is 9.95. The molecule has 8 heteroatoms. The van der Waals surface area contributed by atoms with Crippen LogP contribution in [0.25, 0.3) is 11.1 Å². The van der Waals surface area contributed by atoms with Crippen LogP contribution >= 0.6 is 23.2 Å². The van der Waals surface area contributed by atoms with E-state index in [2.05, 4.69) is 68.2 Å². The number of nitrogens with one attached hydrogen (secondary N) is 3. The summed E-state index contributed by atoms with van der Waals surface area (Å²) >= 11 is 12.7. The maximum Gasteiger partial charge on any atom is 0.207 e. The van der Waals surface area contributed by atoms with Crippen molar-refractivity contribution in [1.29, 1.82) is 0 Å². The molecule has 2 aliphatic heterocycles. The molecule has 2 fully saturated rings. The van der Waals surface area contributed by atoms with Crippen LogP contribution < -0.4 is 20.9 Å². The van der Waals surface area contributed by atoms with E-state index in [0.29, 0.717) is 16.0 Å². The van der Waals surface area contributed by atoms with Crippen LogP contribution in [0.5, 0.6) is 0 Å². The van der Waals surface area contributed by atoms with Gasteiger partial charge >= 0.3 is 0 Å². The average Bonchev–Trinajstić information content (AvgIpc) is 2.96. The van der Waals surface area contributed by atoms with Gasteiger partial charge in [-0.15, -0.1) is 0 Å². The lowest BCUT2D eigenvalue weighted by Crippen LogP contribution is -2.43. The Labute approximate surface area is 241 Å². The van der Waals surface area contributed by atoms with Gasteiger partial charge in [-0.25, -0.2) is 0 Å². The van der Waals surface area contributed by atoms with Crippen LogP contribution in [0.15, 0.2) is 60.7 Å². The Morgan fingerprint density at radius 2 is 1.51 bits per heavy atom. The normalized spacial score (nSPS) is 16.7. The van der Waals surface area contributed by atoms with E-state index in [1.54, 1.807) is 6.07 Å². The minimum Gasteiger partial charge on any atom is -0.381 e. The second-order valence-corrected chi connectivity index (χ2v) is 11.5. The molecule has 0 aromatic heterocycles. The van der Waals surface area contributed by atoms with E-state index in [0.717, 1.165) is 95.0 Å². The molecule has 5 rings (SSSR count). The van der Waals surface area contributed by atoms with Crippen molar-refractivity contribution < 1.29 is 4.79 Å². The summed E-state index contributed by atoms with van der Waals surface area (Å²) in [4.78, 5) is 15.6. The molecule has 0 atom stereocenters. The summed E-state index contributed by atoms with van der Waals surface area (Å²) in [7, 11) is 0. The second kappa shape index (κ2) is 13.5. The molecule has 39 heavy (non-hydrogen) atoms. The zero-order valence-electron chi connectivity index (χ0n) is 22.3. The minimum atomic E-state index is 0.559. The number of carbonyl (C=O) groups excluding carboxylic acids is 1. The first kappa shape index (κ1) is 27.8. The second-order valence-electron chi connectivity index (χ2n) is 10.6. The molecule has 0 saturated carbocycles. The molecule has 3 aromatic rings. The van der Waals surface area contributed by atoms with E-state index in [1.807, 2.05) is 12.1 Å². The standard InChI is InChI=1S/C31H37Cl2N5O/c32-28-16-27(17-29(33)18-28)26-14-24(13-25(15-26)21-37-9-5-23(6-10-37)19-35-22-39)20-36-30-1-3-31(4-2-30)38-11-7-34-8-12-38/h1-4,13-18,22-23,34,36H,5-12,19-21H2,(H,35,39). The first-order valence-corrected chi connectivity index (χ1v) is 14.6. The third kappa shape index (κ3) is 7.89. The number of rotatable bonds is 10. The molecule has 0 radical (unpaired) electrons. The van der Waals surface area contributed by atoms with Crippen LogP contribution in [-0.2, 0) is 17.9 Å². The molecule has 2 heterocycles. The molecule has 206 valence electrons. The van der Waals surface area contributed by atoms with Gasteiger partial charge < -0.3 is 20.9 Å². The Morgan fingerprint density at radius 1 is 0.846 bits per heavy atom. The van der Waals surface area contributed by atoms with Crippen molar-refractivity contribution in [2.24, 2.45) is 5.92 Å². The first-order chi connectivity index (χ1) is 19.1. The number of benzene rings is 3. The highest BCUT2D eigenvalue weighted by atomic mass is 35.5. The largest absolute Gasteiger partial charge is 0.381 e. The lowest BCUT2D eigenvalue weighted by Gasteiger charge is -2.32. The third-order valence-corrected chi connectivity index (χ3v) is 8.13. The molecular formula is C31H37Cl2N5O. The van der Waals surface area contributed by atoms with Gasteiger partial charge in [0.05, 0.1) is 0 Å². The number of amides is 1. The zero-order chi connectivity index (χ0) is 27.0. The summed E-state index contributed by atoms with van der Waals surface area (Å²) in [6.07, 6.45) is 3.00. The molecule has 3 aromatic carbocycles. The van der Waals surface area contributed by atoms with E-state index < -0.39 is 0 Å². The number of hydrogen-bond donors (Lipinski definition) is 3. The fourth-order valence-electron chi connectivity index (χ4n) is 5.58. The summed E-state index contributed by atoms with van der Waals surface area (Å²) in [6, 6.07) is 21.3. The molecule has 6 nitrogen and oxygen atoms in total. The van der Waals surface area contributed by atoms with Gasteiger partial charge in [-0.05, 0) is 109 Å². The third-order valence-electron chi connectivity index (χ3n) is 7.70. The number of hydrogen-bond acceptors (Lipinski definition) is 5. The highest BCUT2D eigenvalue weighted by Gasteiger charge is 2.19. The highest BCUT2D eigenvalue weighted by molar-refractivity contribution is 6.35. The number of piperidine rings is 1. The Kier molecular flexibility index (Phi) is 9.64. The molecule has 2 aliphatic rings. The molecule has 0 bridgehead atoms. The van der Waals surface area contributed by atoms with Crippen molar-refractivity contribution in [3.63, 3.8) is 0 Å². The van der Waals surface area contributed by atoms with E-state index in [4.69, 9.17) is 23.2 Å². The summed E-state index contributed by atoms with van der Waals surface area (Å²) in [5, 5.41) is 11.1. The average molecular weight is 567 g/mol. The van der Waals surface area contributed by atoms with Crippen LogP contribution in [0.4, 0.5) is 11.4 Å². The quantitative estimate of drug-likeness (QED) is 0.278. The van der Waals surface area contributed by atoms with Gasteiger partial charge in [0, 0.05) is 67.2 Å². The van der Waals surface area contributed by atoms with Crippen molar-refractivity contribution in [2.75, 3.05) is 56.0 Å². The summed E-state index contributed by atoms with van der Waals surface area (Å²) < 4.78 is 0. The van der Waals surface area contributed by atoms with E-state index >= 15 is 0 Å². The minimum absolute atomic E-state index is 0.559. The molecule has 0 spiro atoms. The Balaban J connectivity index is 1.30. The van der Waals surface area contributed by atoms with Gasteiger partial charge in [-0.3, -0.25) is 9.69 Å². The summed E-state index contributed by atoms with van der Waals surface area (Å²) in [5.41, 5.74) is 7.02. The van der Waals surface area contributed by atoms with Crippen LogP contribution in [0.1, 0.15) is 24.0 Å². The first-order valence-electron chi connectivity index (χ1n) is 13.8. The fraction of sp³-hybridized carbons (Fsp3) is 0.387. The van der Waals surface area contributed by atoms with Crippen molar-refractivity contribution in [2.45, 2.75) is 25.9 Å². The number of anilines is 2. The van der Waals surface area contributed by atoms with Gasteiger partial charge in [-0.1, -0.05) is 29.3 Å². The van der Waals surface area contributed by atoms with Crippen molar-refractivity contribution >= 4 is 41.0 Å². The molecular weight excluding hydrogens is 529 g/mol. The topological polar surface area (TPSA) is 59.6 Å². The summed E-state index contributed by atoms with van der Waals surface area (Å²) in [6.45, 7) is 8.61. The van der Waals surface area contributed by atoms with Crippen LogP contribution in [0, 0.1) is 5.92 Å². The van der Waals surface area contributed by atoms with Crippen LogP contribution in [0.3, 0.4) is 0 Å². The number of halogens is 2. The fourth-order valence-corrected chi connectivity index (χ4v) is 6.11. The van der Waals surface area contributed by atoms with Gasteiger partial charge in [0.1, 0.15) is 0 Å². The van der Waals surface area contributed by atoms with Crippen molar-refractivity contribution in [3.05, 3.63) is 81.8 Å². The smallest absolute Gasteiger partial charge is 0.207 e. The van der Waals surface area contributed by atoms with Crippen LogP contribution in [0.2, 0.25) is 10.0 Å². The lowest BCUT2D eigenvalue weighted by molar-refractivity contribution is -0.109. The zero-order valence-corrected chi connectivity index (χ0v) is 23.8. The van der Waals surface area contributed by atoms with Crippen LogP contribution in [-0.4, -0.2) is 57.1 Å². The SMILES string of the molecule is O=CNCC1CCN(Cc2cc(CNc3ccc(N4CCNCC4)cc3)cc(-c3cc(Cl)cc(Cl)c3)c2)CC1. The number of nitrogens with zero attached hydrogens (tertiary/aromatic N) is 2. The van der Waals surface area contributed by atoms with Gasteiger partial charge in [-0.2, -0.15) is 0 Å². The monoisotopic (exact) mass is 565 g/mol. The Bertz CT molecular complexity index is 1220. The predicted octanol–water partition coefficient (Wildman–Crippen LogP) is 5.64. The molecule has 0 unspecified atom stereocenters. The Hall–Kier alpha value is -2.77. The van der Waals surface area contributed by atoms with Gasteiger partial charge in [0.15, 0.2) is 0 Å². The van der Waals surface area contributed by atoms with Crippen molar-refractivity contribution in [3.8, 4) is 11.1 Å².